The molecule has 0 aliphatic heterocycles. The van der Waals surface area contributed by atoms with E-state index in [1.165, 1.54) is 0 Å². The zero-order chi connectivity index (χ0) is 25.2. The van der Waals surface area contributed by atoms with Gasteiger partial charge >= 0.3 is 0 Å². The van der Waals surface area contributed by atoms with Crippen LogP contribution < -0.4 is 5.32 Å². The summed E-state index contributed by atoms with van der Waals surface area (Å²) < 4.78 is 1.77. The predicted molar refractivity (Wildman–Crippen MR) is 146 cm³/mol. The summed E-state index contributed by atoms with van der Waals surface area (Å²) in [7, 11) is 0. The molecule has 0 saturated carbocycles. The summed E-state index contributed by atoms with van der Waals surface area (Å²) in [6.07, 6.45) is 6.32. The van der Waals surface area contributed by atoms with Gasteiger partial charge in [-0.3, -0.25) is 9.78 Å². The molecule has 182 valence electrons. The summed E-state index contributed by atoms with van der Waals surface area (Å²) in [5.74, 6) is -0.249. The average molecular weight is 538 g/mol. The van der Waals surface area contributed by atoms with E-state index < -0.39 is 0 Å². The number of carbonyl (C=O) groups excluding carboxylic acids is 1. The first-order chi connectivity index (χ1) is 17.4. The van der Waals surface area contributed by atoms with E-state index in [0.29, 0.717) is 26.4 Å². The van der Waals surface area contributed by atoms with Crippen LogP contribution in [0.2, 0.25) is 15.1 Å². The molecule has 0 radical (unpaired) electrons. The van der Waals surface area contributed by atoms with Crippen molar-refractivity contribution >= 4 is 52.4 Å². The molecule has 1 N–H and O–H groups in total. The van der Waals surface area contributed by atoms with E-state index in [2.05, 4.69) is 16.4 Å². The number of benzene rings is 2. The molecular formula is C28H23Cl3N4O. The van der Waals surface area contributed by atoms with Crippen LogP contribution in [0, 0.1) is 0 Å². The third kappa shape index (κ3) is 5.05. The summed E-state index contributed by atoms with van der Waals surface area (Å²) in [6.45, 7) is 1.91. The Balaban J connectivity index is 1.61. The first kappa shape index (κ1) is 24.6. The summed E-state index contributed by atoms with van der Waals surface area (Å²) in [6, 6.07) is 18.3. The smallest absolute Gasteiger partial charge is 0.272 e. The first-order valence-corrected chi connectivity index (χ1v) is 12.8. The van der Waals surface area contributed by atoms with E-state index in [-0.39, 0.29) is 11.9 Å². The summed E-state index contributed by atoms with van der Waals surface area (Å²) in [5, 5.41) is 9.53. The van der Waals surface area contributed by atoms with Crippen LogP contribution >= 0.6 is 34.8 Å². The molecule has 2 aromatic carbocycles. The molecule has 2 aromatic heterocycles. The van der Waals surface area contributed by atoms with E-state index in [4.69, 9.17) is 39.9 Å². The van der Waals surface area contributed by atoms with Crippen molar-refractivity contribution in [1.82, 2.24) is 20.1 Å². The number of amides is 1. The maximum absolute atomic E-state index is 13.5. The van der Waals surface area contributed by atoms with Gasteiger partial charge in [0.2, 0.25) is 0 Å². The largest absolute Gasteiger partial charge is 0.343 e. The zero-order valence-electron chi connectivity index (χ0n) is 19.5. The van der Waals surface area contributed by atoms with Crippen molar-refractivity contribution in [3.63, 3.8) is 0 Å². The van der Waals surface area contributed by atoms with Crippen LogP contribution in [0.5, 0.6) is 0 Å². The fourth-order valence-electron chi connectivity index (χ4n) is 4.47. The predicted octanol–water partition coefficient (Wildman–Crippen LogP) is 7.60. The lowest BCUT2D eigenvalue weighted by molar-refractivity contribution is 0.0932. The fourth-order valence-corrected chi connectivity index (χ4v) is 5.09. The number of fused-ring (bicyclic) bond motifs is 1. The highest BCUT2D eigenvalue weighted by atomic mass is 35.5. The van der Waals surface area contributed by atoms with Crippen molar-refractivity contribution in [3.8, 4) is 5.69 Å². The summed E-state index contributed by atoms with van der Waals surface area (Å²) in [4.78, 5) is 17.8. The minimum absolute atomic E-state index is 0.249. The zero-order valence-corrected chi connectivity index (χ0v) is 21.8. The van der Waals surface area contributed by atoms with Gasteiger partial charge < -0.3 is 5.32 Å². The monoisotopic (exact) mass is 536 g/mol. The molecule has 36 heavy (non-hydrogen) atoms. The van der Waals surface area contributed by atoms with Crippen LogP contribution in [-0.2, 0) is 6.42 Å². The maximum Gasteiger partial charge on any atom is 0.272 e. The van der Waals surface area contributed by atoms with Gasteiger partial charge in [0.15, 0.2) is 5.69 Å². The number of nitrogens with zero attached hydrogens (tertiary/aromatic N) is 3. The number of rotatable bonds is 5. The Morgan fingerprint density at radius 3 is 2.53 bits per heavy atom. The molecule has 1 aliphatic carbocycles. The second-order valence-corrected chi connectivity index (χ2v) is 9.99. The standard InChI is InChI=1S/C28H23Cl3N4O/c1-17(24-7-2-3-14-32-24)33-28(36)26-22-6-4-5-19(15-18-8-10-20(29)11-9-18)27(22)35(34-26)25-13-12-21(30)16-23(25)31/h2-3,7-17H,4-6H2,1H3,(H,33,36)/b19-15+. The molecule has 0 bridgehead atoms. The molecule has 0 fully saturated rings. The summed E-state index contributed by atoms with van der Waals surface area (Å²) in [5.41, 5.74) is 5.72. The van der Waals surface area contributed by atoms with Crippen LogP contribution in [0.15, 0.2) is 66.9 Å². The van der Waals surface area contributed by atoms with Gasteiger partial charge in [0.05, 0.1) is 28.1 Å². The molecule has 1 unspecified atom stereocenters. The third-order valence-corrected chi connectivity index (χ3v) is 6.99. The van der Waals surface area contributed by atoms with Gasteiger partial charge in [0.1, 0.15) is 0 Å². The minimum Gasteiger partial charge on any atom is -0.343 e. The Morgan fingerprint density at radius 1 is 1.03 bits per heavy atom. The minimum atomic E-state index is -0.272. The maximum atomic E-state index is 13.5. The second kappa shape index (κ2) is 10.5. The molecule has 2 heterocycles. The SMILES string of the molecule is CC(NC(=O)c1nn(-c2ccc(Cl)cc2Cl)c2c1CCC/C2=C\c1ccc(Cl)cc1)c1ccccn1. The van der Waals surface area contributed by atoms with Crippen LogP contribution in [0.4, 0.5) is 0 Å². The lowest BCUT2D eigenvalue weighted by Crippen LogP contribution is -2.28. The lowest BCUT2D eigenvalue weighted by atomic mass is 9.89. The number of carbonyl (C=O) groups is 1. The van der Waals surface area contributed by atoms with Crippen LogP contribution in [0.3, 0.4) is 0 Å². The highest BCUT2D eigenvalue weighted by Gasteiger charge is 2.29. The third-order valence-electron chi connectivity index (χ3n) is 6.20. The second-order valence-electron chi connectivity index (χ2n) is 8.71. The summed E-state index contributed by atoms with van der Waals surface area (Å²) >= 11 is 18.8. The number of pyridine rings is 1. The molecule has 0 spiro atoms. The Labute approximate surface area is 224 Å². The van der Waals surface area contributed by atoms with Crippen LogP contribution in [0.1, 0.15) is 58.8 Å². The van der Waals surface area contributed by atoms with Gasteiger partial charge in [-0.15, -0.1) is 0 Å². The molecule has 5 rings (SSSR count). The molecule has 0 saturated heterocycles. The van der Waals surface area contributed by atoms with Gasteiger partial charge in [-0.05, 0) is 85.9 Å². The Bertz CT molecular complexity index is 1450. The van der Waals surface area contributed by atoms with Gasteiger partial charge in [0.25, 0.3) is 5.91 Å². The van der Waals surface area contributed by atoms with Gasteiger partial charge in [0, 0.05) is 21.8 Å². The first-order valence-electron chi connectivity index (χ1n) is 11.7. The van der Waals surface area contributed by atoms with Gasteiger partial charge in [-0.25, -0.2) is 4.68 Å². The van der Waals surface area contributed by atoms with E-state index in [1.54, 1.807) is 23.0 Å². The average Bonchev–Trinajstić information content (AvgIpc) is 3.26. The van der Waals surface area contributed by atoms with Gasteiger partial charge in [-0.2, -0.15) is 5.10 Å². The highest BCUT2D eigenvalue weighted by Crippen LogP contribution is 2.38. The molecule has 4 aromatic rings. The Morgan fingerprint density at radius 2 is 1.81 bits per heavy atom. The van der Waals surface area contributed by atoms with Crippen molar-refractivity contribution in [3.05, 3.63) is 110 Å². The number of halogens is 3. The molecule has 8 heteroatoms. The van der Waals surface area contributed by atoms with Crippen molar-refractivity contribution in [1.29, 1.82) is 0 Å². The topological polar surface area (TPSA) is 59.8 Å². The Hall–Kier alpha value is -3.12. The van der Waals surface area contributed by atoms with Crippen molar-refractivity contribution in [2.45, 2.75) is 32.2 Å². The van der Waals surface area contributed by atoms with Crippen molar-refractivity contribution < 1.29 is 4.79 Å². The molecule has 1 atom stereocenters. The van der Waals surface area contributed by atoms with Crippen molar-refractivity contribution in [2.75, 3.05) is 0 Å². The van der Waals surface area contributed by atoms with Crippen LogP contribution in [0.25, 0.3) is 17.3 Å². The van der Waals surface area contributed by atoms with Crippen LogP contribution in [-0.4, -0.2) is 20.7 Å². The number of hydrogen-bond acceptors (Lipinski definition) is 3. The molecule has 1 amide bonds. The van der Waals surface area contributed by atoms with E-state index >= 15 is 0 Å². The fraction of sp³-hybridized carbons (Fsp3) is 0.179. The highest BCUT2D eigenvalue weighted by molar-refractivity contribution is 6.35. The van der Waals surface area contributed by atoms with Gasteiger partial charge in [-0.1, -0.05) is 53.0 Å². The number of nitrogens with one attached hydrogen (secondary N) is 1. The molecule has 5 nitrogen and oxygen atoms in total. The lowest BCUT2D eigenvalue weighted by Gasteiger charge is -2.19. The van der Waals surface area contributed by atoms with Crippen molar-refractivity contribution in [2.24, 2.45) is 0 Å². The van der Waals surface area contributed by atoms with E-state index in [1.807, 2.05) is 55.5 Å². The normalized spacial score (nSPS) is 14.9. The van der Waals surface area contributed by atoms with E-state index in [9.17, 15) is 4.79 Å². The molecule has 1 aliphatic rings. The Kier molecular flexibility index (Phi) is 7.15. The quantitative estimate of drug-likeness (QED) is 0.285. The molecular weight excluding hydrogens is 515 g/mol. The number of hydrogen-bond donors (Lipinski definition) is 1. The number of allylic oxidation sites excluding steroid dienone is 1. The number of aromatic nitrogens is 3. The van der Waals surface area contributed by atoms with E-state index in [0.717, 1.165) is 47.4 Å².